The van der Waals surface area contributed by atoms with E-state index in [9.17, 15) is 4.79 Å². The molecule has 3 rings (SSSR count). The van der Waals surface area contributed by atoms with Crippen LogP contribution in [-0.2, 0) is 16.1 Å². The van der Waals surface area contributed by atoms with Crippen molar-refractivity contribution in [2.45, 2.75) is 13.0 Å². The normalized spacial score (nSPS) is 11.0. The summed E-state index contributed by atoms with van der Waals surface area (Å²) in [6.07, 6.45) is 2.39. The Morgan fingerprint density at radius 2 is 2.17 bits per heavy atom. The molecule has 0 unspecified atom stereocenters. The highest BCUT2D eigenvalue weighted by Crippen LogP contribution is 2.24. The highest BCUT2D eigenvalue weighted by atomic mass is 16.5. The number of ether oxygens (including phenoxy) is 1. The third-order valence-electron chi connectivity index (χ3n) is 3.55. The first-order valence-corrected chi connectivity index (χ1v) is 7.54. The van der Waals surface area contributed by atoms with Crippen LogP contribution >= 0.6 is 0 Å². The largest absolute Gasteiger partial charge is 0.461 e. The second kappa shape index (κ2) is 7.11. The highest BCUT2D eigenvalue weighted by Gasteiger charge is 2.16. The molecule has 1 N–H and O–H groups in total. The molecule has 0 aliphatic carbocycles. The zero-order valence-corrected chi connectivity index (χ0v) is 13.0. The molecule has 23 heavy (non-hydrogen) atoms. The second-order valence-corrected chi connectivity index (χ2v) is 5.18. The van der Waals surface area contributed by atoms with Gasteiger partial charge in [0.2, 0.25) is 5.91 Å². The Kier molecular flexibility index (Phi) is 4.73. The van der Waals surface area contributed by atoms with E-state index in [2.05, 4.69) is 10.3 Å². The van der Waals surface area contributed by atoms with Crippen LogP contribution in [0.5, 0.6) is 0 Å². The van der Waals surface area contributed by atoms with Gasteiger partial charge in [0.1, 0.15) is 6.54 Å². The van der Waals surface area contributed by atoms with Crippen molar-refractivity contribution in [3.63, 3.8) is 0 Å². The highest BCUT2D eigenvalue weighted by molar-refractivity contribution is 5.83. The Balaban J connectivity index is 1.84. The molecule has 0 aliphatic heterocycles. The predicted molar refractivity (Wildman–Crippen MR) is 86.9 cm³/mol. The Morgan fingerprint density at radius 3 is 2.96 bits per heavy atom. The molecule has 120 valence electrons. The molecule has 2 aromatic heterocycles. The molecule has 1 aromatic carbocycles. The van der Waals surface area contributed by atoms with Crippen molar-refractivity contribution < 1.29 is 13.9 Å². The Labute approximate surface area is 134 Å². The molecule has 1 amide bonds. The van der Waals surface area contributed by atoms with Crippen LogP contribution in [0, 0.1) is 0 Å². The van der Waals surface area contributed by atoms with E-state index in [1.165, 1.54) is 0 Å². The van der Waals surface area contributed by atoms with Crippen LogP contribution in [0.2, 0.25) is 0 Å². The minimum atomic E-state index is -0.0583. The molecule has 0 aliphatic rings. The number of carbonyl (C=O) groups is 1. The lowest BCUT2D eigenvalue weighted by atomic mass is 10.3. The van der Waals surface area contributed by atoms with Gasteiger partial charge in [-0.1, -0.05) is 12.1 Å². The number of nitrogens with one attached hydrogen (secondary N) is 1. The number of fused-ring (bicyclic) bond motifs is 1. The summed E-state index contributed by atoms with van der Waals surface area (Å²) in [6, 6.07) is 11.4. The fourth-order valence-electron chi connectivity index (χ4n) is 2.47. The smallest absolute Gasteiger partial charge is 0.240 e. The van der Waals surface area contributed by atoms with Crippen molar-refractivity contribution in [3.05, 3.63) is 42.7 Å². The van der Waals surface area contributed by atoms with E-state index in [4.69, 9.17) is 9.15 Å². The summed E-state index contributed by atoms with van der Waals surface area (Å²) in [6.45, 7) is 1.42. The topological polar surface area (TPSA) is 69.3 Å². The van der Waals surface area contributed by atoms with Crippen LogP contribution in [0.1, 0.15) is 6.42 Å². The molecule has 0 atom stereocenters. The molecule has 6 heteroatoms. The number of furan rings is 1. The van der Waals surface area contributed by atoms with Gasteiger partial charge in [0, 0.05) is 20.3 Å². The van der Waals surface area contributed by atoms with Crippen molar-refractivity contribution in [1.82, 2.24) is 14.9 Å². The number of amides is 1. The third-order valence-corrected chi connectivity index (χ3v) is 3.55. The first kappa shape index (κ1) is 15.3. The molecule has 0 radical (unpaired) electrons. The first-order valence-electron chi connectivity index (χ1n) is 7.54. The lowest BCUT2D eigenvalue weighted by molar-refractivity contribution is -0.121. The molecule has 0 bridgehead atoms. The van der Waals surface area contributed by atoms with E-state index in [0.717, 1.165) is 17.5 Å². The number of methoxy groups -OCH3 is 1. The van der Waals surface area contributed by atoms with E-state index in [1.807, 2.05) is 41.0 Å². The Bertz CT molecular complexity index is 778. The number of hydrogen-bond donors (Lipinski definition) is 1. The van der Waals surface area contributed by atoms with Crippen LogP contribution in [0.3, 0.4) is 0 Å². The average molecular weight is 313 g/mol. The summed E-state index contributed by atoms with van der Waals surface area (Å²) >= 11 is 0. The van der Waals surface area contributed by atoms with Gasteiger partial charge < -0.3 is 19.0 Å². The molecule has 3 aromatic rings. The molecule has 2 heterocycles. The quantitative estimate of drug-likeness (QED) is 0.680. The summed E-state index contributed by atoms with van der Waals surface area (Å²) in [7, 11) is 1.65. The summed E-state index contributed by atoms with van der Waals surface area (Å²) in [5, 5.41) is 2.89. The molecule has 0 saturated carbocycles. The lowest BCUT2D eigenvalue weighted by Gasteiger charge is -2.09. The molecule has 0 fully saturated rings. The first-order chi connectivity index (χ1) is 11.3. The summed E-state index contributed by atoms with van der Waals surface area (Å²) in [5.74, 6) is 1.24. The monoisotopic (exact) mass is 313 g/mol. The lowest BCUT2D eigenvalue weighted by Crippen LogP contribution is -2.29. The summed E-state index contributed by atoms with van der Waals surface area (Å²) in [5.41, 5.74) is 1.75. The zero-order chi connectivity index (χ0) is 16.1. The van der Waals surface area contributed by atoms with Crippen molar-refractivity contribution in [1.29, 1.82) is 0 Å². The maximum atomic E-state index is 12.2. The van der Waals surface area contributed by atoms with E-state index in [-0.39, 0.29) is 12.5 Å². The number of carbonyl (C=O) groups excluding carboxylic acids is 1. The zero-order valence-electron chi connectivity index (χ0n) is 13.0. The number of imidazole rings is 1. The minimum Gasteiger partial charge on any atom is -0.461 e. The van der Waals surface area contributed by atoms with Crippen LogP contribution in [0.15, 0.2) is 47.1 Å². The number of hydrogen-bond acceptors (Lipinski definition) is 4. The minimum absolute atomic E-state index is 0.0583. The Hall–Kier alpha value is -2.60. The van der Waals surface area contributed by atoms with Crippen molar-refractivity contribution in [3.8, 4) is 11.6 Å². The molecule has 0 spiro atoms. The van der Waals surface area contributed by atoms with Gasteiger partial charge in [-0.2, -0.15) is 0 Å². The Morgan fingerprint density at radius 1 is 1.30 bits per heavy atom. The predicted octanol–water partition coefficient (Wildman–Crippen LogP) is 2.45. The van der Waals surface area contributed by atoms with Gasteiger partial charge in [-0.3, -0.25) is 4.79 Å². The maximum Gasteiger partial charge on any atom is 0.240 e. The second-order valence-electron chi connectivity index (χ2n) is 5.18. The van der Waals surface area contributed by atoms with Crippen LogP contribution in [0.4, 0.5) is 0 Å². The summed E-state index contributed by atoms with van der Waals surface area (Å²) in [4.78, 5) is 16.8. The third kappa shape index (κ3) is 3.43. The van der Waals surface area contributed by atoms with Crippen molar-refractivity contribution in [2.75, 3.05) is 20.3 Å². The van der Waals surface area contributed by atoms with Gasteiger partial charge in [0.05, 0.1) is 17.3 Å². The molecule has 6 nitrogen and oxygen atoms in total. The van der Waals surface area contributed by atoms with E-state index in [0.29, 0.717) is 24.7 Å². The molecular weight excluding hydrogens is 294 g/mol. The average Bonchev–Trinajstić information content (AvgIpc) is 3.20. The van der Waals surface area contributed by atoms with Crippen LogP contribution in [-0.4, -0.2) is 35.7 Å². The van der Waals surface area contributed by atoms with Crippen molar-refractivity contribution in [2.24, 2.45) is 0 Å². The van der Waals surface area contributed by atoms with E-state index < -0.39 is 0 Å². The number of rotatable bonds is 7. The number of para-hydroxylation sites is 2. The SMILES string of the molecule is COCCCNC(=O)Cn1c(-c2ccco2)nc2ccccc21. The van der Waals surface area contributed by atoms with Gasteiger partial charge in [0.15, 0.2) is 11.6 Å². The van der Waals surface area contributed by atoms with Gasteiger partial charge >= 0.3 is 0 Å². The fraction of sp³-hybridized carbons (Fsp3) is 0.294. The summed E-state index contributed by atoms with van der Waals surface area (Å²) < 4.78 is 12.3. The molecular formula is C17H19N3O3. The van der Waals surface area contributed by atoms with E-state index >= 15 is 0 Å². The number of aromatic nitrogens is 2. The fourth-order valence-corrected chi connectivity index (χ4v) is 2.47. The van der Waals surface area contributed by atoms with E-state index in [1.54, 1.807) is 13.4 Å². The number of nitrogens with zero attached hydrogens (tertiary/aromatic N) is 2. The van der Waals surface area contributed by atoms with Gasteiger partial charge in [-0.05, 0) is 30.7 Å². The van der Waals surface area contributed by atoms with Gasteiger partial charge in [-0.25, -0.2) is 4.98 Å². The standard InChI is InChI=1S/C17H19N3O3/c1-22-10-5-9-18-16(21)12-20-14-7-3-2-6-13(14)19-17(20)15-8-4-11-23-15/h2-4,6-8,11H,5,9-10,12H2,1H3,(H,18,21). The molecule has 0 saturated heterocycles. The maximum absolute atomic E-state index is 12.2. The number of benzene rings is 1. The van der Waals surface area contributed by atoms with Crippen LogP contribution < -0.4 is 5.32 Å². The van der Waals surface area contributed by atoms with Gasteiger partial charge in [-0.15, -0.1) is 0 Å². The van der Waals surface area contributed by atoms with Gasteiger partial charge in [0.25, 0.3) is 0 Å². The van der Waals surface area contributed by atoms with Crippen LogP contribution in [0.25, 0.3) is 22.6 Å². The van der Waals surface area contributed by atoms with Crippen molar-refractivity contribution >= 4 is 16.9 Å².